The topological polar surface area (TPSA) is 65.1 Å². The lowest BCUT2D eigenvalue weighted by molar-refractivity contribution is -0.149. The van der Waals surface area contributed by atoms with Gasteiger partial charge in [0.25, 0.3) is 0 Å². The van der Waals surface area contributed by atoms with Crippen molar-refractivity contribution in [3.8, 4) is 11.5 Å². The normalized spacial score (nSPS) is 16.2. The van der Waals surface area contributed by atoms with Gasteiger partial charge in [-0.2, -0.15) is 0 Å². The monoisotopic (exact) mass is 407 g/mol. The number of esters is 1. The van der Waals surface area contributed by atoms with Gasteiger partial charge in [-0.25, -0.2) is 4.39 Å². The van der Waals surface area contributed by atoms with Crippen LogP contribution in [0, 0.1) is 11.7 Å². The number of amides is 1. The summed E-state index contributed by atoms with van der Waals surface area (Å²) >= 11 is 5.94. The van der Waals surface area contributed by atoms with Crippen LogP contribution in [0.4, 0.5) is 10.1 Å². The van der Waals surface area contributed by atoms with Gasteiger partial charge in [-0.3, -0.25) is 9.59 Å². The Morgan fingerprint density at radius 1 is 1.25 bits per heavy atom. The van der Waals surface area contributed by atoms with E-state index in [1.165, 1.54) is 37.3 Å². The van der Waals surface area contributed by atoms with E-state index >= 15 is 0 Å². The highest BCUT2D eigenvalue weighted by Crippen LogP contribution is 2.36. The summed E-state index contributed by atoms with van der Waals surface area (Å²) in [5.41, 5.74) is 0.649. The molecule has 0 spiro atoms. The van der Waals surface area contributed by atoms with Gasteiger partial charge >= 0.3 is 5.97 Å². The third-order valence-corrected chi connectivity index (χ3v) is 4.91. The van der Waals surface area contributed by atoms with Crippen LogP contribution in [-0.4, -0.2) is 32.6 Å². The highest BCUT2D eigenvalue weighted by atomic mass is 35.5. The Kier molecular flexibility index (Phi) is 6.04. The fraction of sp³-hybridized carbons (Fsp3) is 0.300. The van der Waals surface area contributed by atoms with Gasteiger partial charge in [0.1, 0.15) is 23.9 Å². The Hall–Kier alpha value is -2.80. The second-order valence-electron chi connectivity index (χ2n) is 6.25. The van der Waals surface area contributed by atoms with Gasteiger partial charge in [-0.15, -0.1) is 0 Å². The molecule has 0 saturated carbocycles. The van der Waals surface area contributed by atoms with E-state index in [9.17, 15) is 14.0 Å². The molecule has 8 heteroatoms. The SMILES string of the molecule is COc1ccc(N2C[C@H](C(=O)OCc3c(F)cccc3Cl)CC2=O)c(OC)c1. The zero-order valence-corrected chi connectivity index (χ0v) is 16.2. The Bertz CT molecular complexity index is 884. The van der Waals surface area contributed by atoms with E-state index in [-0.39, 0.29) is 36.1 Å². The molecule has 1 aliphatic rings. The first-order valence-corrected chi connectivity index (χ1v) is 8.94. The number of hydrogen-bond acceptors (Lipinski definition) is 5. The molecule has 1 heterocycles. The molecule has 0 aromatic heterocycles. The molecule has 1 fully saturated rings. The third kappa shape index (κ3) is 4.04. The van der Waals surface area contributed by atoms with Crippen molar-refractivity contribution in [2.45, 2.75) is 13.0 Å². The largest absolute Gasteiger partial charge is 0.497 e. The van der Waals surface area contributed by atoms with Gasteiger partial charge in [-0.05, 0) is 24.3 Å². The molecule has 28 heavy (non-hydrogen) atoms. The summed E-state index contributed by atoms with van der Waals surface area (Å²) < 4.78 is 29.5. The first-order valence-electron chi connectivity index (χ1n) is 8.56. The zero-order valence-electron chi connectivity index (χ0n) is 15.4. The van der Waals surface area contributed by atoms with Crippen LogP contribution in [0.1, 0.15) is 12.0 Å². The van der Waals surface area contributed by atoms with Gasteiger partial charge in [0, 0.05) is 24.6 Å². The molecule has 2 aromatic carbocycles. The molecule has 6 nitrogen and oxygen atoms in total. The summed E-state index contributed by atoms with van der Waals surface area (Å²) in [5, 5.41) is 0.180. The Labute approximate surface area is 166 Å². The fourth-order valence-electron chi connectivity index (χ4n) is 3.04. The predicted octanol–water partition coefficient (Wildman–Crippen LogP) is 3.59. The average Bonchev–Trinajstić information content (AvgIpc) is 3.08. The molecule has 3 rings (SSSR count). The van der Waals surface area contributed by atoms with E-state index in [1.807, 2.05) is 0 Å². The lowest BCUT2D eigenvalue weighted by atomic mass is 10.1. The maximum Gasteiger partial charge on any atom is 0.311 e. The third-order valence-electron chi connectivity index (χ3n) is 4.56. The number of nitrogens with zero attached hydrogens (tertiary/aromatic N) is 1. The summed E-state index contributed by atoms with van der Waals surface area (Å²) in [5.74, 6) is -0.973. The van der Waals surface area contributed by atoms with Crippen LogP contribution in [0.25, 0.3) is 0 Å². The van der Waals surface area contributed by atoms with Crippen molar-refractivity contribution in [2.24, 2.45) is 5.92 Å². The minimum Gasteiger partial charge on any atom is -0.497 e. The smallest absolute Gasteiger partial charge is 0.311 e. The number of carbonyl (C=O) groups is 2. The number of anilines is 1. The van der Waals surface area contributed by atoms with Crippen molar-refractivity contribution >= 4 is 29.2 Å². The predicted molar refractivity (Wildman–Crippen MR) is 101 cm³/mol. The van der Waals surface area contributed by atoms with Crippen molar-refractivity contribution in [3.05, 3.63) is 52.8 Å². The Balaban J connectivity index is 1.70. The zero-order chi connectivity index (χ0) is 20.3. The van der Waals surface area contributed by atoms with Crippen LogP contribution in [0.5, 0.6) is 11.5 Å². The van der Waals surface area contributed by atoms with E-state index in [0.29, 0.717) is 17.2 Å². The molecule has 1 amide bonds. The van der Waals surface area contributed by atoms with E-state index in [0.717, 1.165) is 0 Å². The lowest BCUT2D eigenvalue weighted by Gasteiger charge is -2.20. The molecule has 0 N–H and O–H groups in total. The van der Waals surface area contributed by atoms with Gasteiger partial charge in [-0.1, -0.05) is 17.7 Å². The maximum atomic E-state index is 13.8. The number of halogens is 2. The summed E-state index contributed by atoms with van der Waals surface area (Å²) in [7, 11) is 3.02. The molecule has 0 bridgehead atoms. The molecule has 148 valence electrons. The van der Waals surface area contributed by atoms with Crippen LogP contribution in [0.2, 0.25) is 5.02 Å². The Morgan fingerprint density at radius 2 is 2.04 bits per heavy atom. The first kappa shape index (κ1) is 19.9. The number of methoxy groups -OCH3 is 2. The average molecular weight is 408 g/mol. The summed E-state index contributed by atoms with van der Waals surface area (Å²) in [6, 6.07) is 9.29. The molecule has 1 saturated heterocycles. The van der Waals surface area contributed by atoms with E-state index in [2.05, 4.69) is 0 Å². The van der Waals surface area contributed by atoms with E-state index in [4.69, 9.17) is 25.8 Å². The number of benzene rings is 2. The first-order chi connectivity index (χ1) is 13.4. The molecular formula is C20H19ClFNO5. The highest BCUT2D eigenvalue weighted by molar-refractivity contribution is 6.31. The summed E-state index contributed by atoms with van der Waals surface area (Å²) in [4.78, 5) is 26.3. The van der Waals surface area contributed by atoms with Crippen molar-refractivity contribution in [1.29, 1.82) is 0 Å². The summed E-state index contributed by atoms with van der Waals surface area (Å²) in [6.45, 7) is -0.147. The van der Waals surface area contributed by atoms with Gasteiger partial charge < -0.3 is 19.1 Å². The number of ether oxygens (including phenoxy) is 3. The maximum absolute atomic E-state index is 13.8. The number of carbonyl (C=O) groups excluding carboxylic acids is 2. The molecule has 1 atom stereocenters. The van der Waals surface area contributed by atoms with E-state index < -0.39 is 17.7 Å². The molecule has 1 aliphatic heterocycles. The van der Waals surface area contributed by atoms with Crippen LogP contribution in [0.15, 0.2) is 36.4 Å². The standard InChI is InChI=1S/C20H19ClFNO5/c1-26-13-6-7-17(18(9-13)27-2)23-10-12(8-19(23)24)20(25)28-11-14-15(21)4-3-5-16(14)22/h3-7,9,12H,8,10-11H2,1-2H3/t12-/m1/s1. The minimum atomic E-state index is -0.662. The van der Waals surface area contributed by atoms with Crippen molar-refractivity contribution in [2.75, 3.05) is 25.7 Å². The molecule has 0 radical (unpaired) electrons. The van der Waals surface area contributed by atoms with Crippen molar-refractivity contribution < 1.29 is 28.2 Å². The lowest BCUT2D eigenvalue weighted by Crippen LogP contribution is -2.26. The van der Waals surface area contributed by atoms with Crippen molar-refractivity contribution in [1.82, 2.24) is 0 Å². The fourth-order valence-corrected chi connectivity index (χ4v) is 3.26. The number of rotatable bonds is 6. The molecule has 0 aliphatic carbocycles. The second-order valence-corrected chi connectivity index (χ2v) is 6.66. The van der Waals surface area contributed by atoms with Gasteiger partial charge in [0.05, 0.1) is 30.8 Å². The van der Waals surface area contributed by atoms with Crippen molar-refractivity contribution in [3.63, 3.8) is 0 Å². The molecular weight excluding hydrogens is 389 g/mol. The minimum absolute atomic E-state index is 0.000971. The highest BCUT2D eigenvalue weighted by Gasteiger charge is 2.37. The van der Waals surface area contributed by atoms with Gasteiger partial charge in [0.15, 0.2) is 0 Å². The second kappa shape index (κ2) is 8.48. The summed E-state index contributed by atoms with van der Waals surface area (Å²) in [6.07, 6.45) is -0.000971. The quantitative estimate of drug-likeness (QED) is 0.685. The Morgan fingerprint density at radius 3 is 2.71 bits per heavy atom. The van der Waals surface area contributed by atoms with E-state index in [1.54, 1.807) is 18.2 Å². The van der Waals surface area contributed by atoms with Crippen LogP contribution in [0.3, 0.4) is 0 Å². The molecule has 0 unspecified atom stereocenters. The number of hydrogen-bond donors (Lipinski definition) is 0. The van der Waals surface area contributed by atoms with Crippen LogP contribution < -0.4 is 14.4 Å². The van der Waals surface area contributed by atoms with Crippen LogP contribution in [-0.2, 0) is 20.9 Å². The van der Waals surface area contributed by atoms with Gasteiger partial charge in [0.2, 0.25) is 5.91 Å². The van der Waals surface area contributed by atoms with Crippen LogP contribution >= 0.6 is 11.6 Å². The molecule has 2 aromatic rings.